The van der Waals surface area contributed by atoms with Crippen molar-refractivity contribution in [3.63, 3.8) is 0 Å². The molecule has 0 aromatic rings. The van der Waals surface area contributed by atoms with Gasteiger partial charge in [-0.1, -0.05) is 26.2 Å². The first-order valence-corrected chi connectivity index (χ1v) is 7.81. The van der Waals surface area contributed by atoms with Gasteiger partial charge in [-0.2, -0.15) is 0 Å². The van der Waals surface area contributed by atoms with Gasteiger partial charge in [-0.3, -0.25) is 0 Å². The van der Waals surface area contributed by atoms with Crippen molar-refractivity contribution >= 4 is 0 Å². The molecule has 1 unspecified atom stereocenters. The molecule has 2 heterocycles. The first-order valence-electron chi connectivity index (χ1n) is 7.81. The number of rotatable bonds is 5. The van der Waals surface area contributed by atoms with Crippen LogP contribution in [0.2, 0.25) is 0 Å². The Kier molecular flexibility index (Phi) is 5.79. The number of hydrogen-bond donors (Lipinski definition) is 1. The summed E-state index contributed by atoms with van der Waals surface area (Å²) in [6, 6.07) is 0. The molecule has 2 aliphatic rings. The molecule has 2 heteroatoms. The van der Waals surface area contributed by atoms with Crippen molar-refractivity contribution < 1.29 is 0 Å². The van der Waals surface area contributed by atoms with Gasteiger partial charge < -0.3 is 10.2 Å². The number of nitrogens with zero attached hydrogens (tertiary/aromatic N) is 1. The van der Waals surface area contributed by atoms with Crippen molar-refractivity contribution in [2.24, 2.45) is 11.8 Å². The van der Waals surface area contributed by atoms with Crippen molar-refractivity contribution in [2.45, 2.75) is 51.9 Å². The minimum absolute atomic E-state index is 0.927. The van der Waals surface area contributed by atoms with Crippen molar-refractivity contribution in [3.8, 4) is 0 Å². The zero-order valence-corrected chi connectivity index (χ0v) is 11.6. The van der Waals surface area contributed by atoms with Crippen LogP contribution in [0.5, 0.6) is 0 Å². The molecule has 0 amide bonds. The summed E-state index contributed by atoms with van der Waals surface area (Å²) < 4.78 is 0. The van der Waals surface area contributed by atoms with Crippen molar-refractivity contribution in [1.29, 1.82) is 0 Å². The highest BCUT2D eigenvalue weighted by molar-refractivity contribution is 4.77. The maximum absolute atomic E-state index is 3.53. The van der Waals surface area contributed by atoms with Crippen LogP contribution in [0.1, 0.15) is 51.9 Å². The Labute approximate surface area is 107 Å². The van der Waals surface area contributed by atoms with Gasteiger partial charge in [0.25, 0.3) is 0 Å². The van der Waals surface area contributed by atoms with Crippen LogP contribution in [0.15, 0.2) is 0 Å². The molecular weight excluding hydrogens is 208 g/mol. The Morgan fingerprint density at radius 1 is 1.12 bits per heavy atom. The summed E-state index contributed by atoms with van der Waals surface area (Å²) >= 11 is 0. The molecule has 2 fully saturated rings. The minimum atomic E-state index is 0.927. The van der Waals surface area contributed by atoms with Crippen molar-refractivity contribution in [3.05, 3.63) is 0 Å². The third-order valence-corrected chi connectivity index (χ3v) is 4.59. The molecule has 0 saturated carbocycles. The average Bonchev–Trinajstić information content (AvgIpc) is 2.39. The van der Waals surface area contributed by atoms with E-state index in [-0.39, 0.29) is 0 Å². The maximum atomic E-state index is 3.53. The summed E-state index contributed by atoms with van der Waals surface area (Å²) in [6.07, 6.45) is 10.0. The smallest absolute Gasteiger partial charge is 0.00218 e. The number of likely N-dealkylation sites (tertiary alicyclic amines) is 1. The Balaban J connectivity index is 1.61. The quantitative estimate of drug-likeness (QED) is 0.792. The topological polar surface area (TPSA) is 15.3 Å². The van der Waals surface area contributed by atoms with E-state index in [2.05, 4.69) is 17.1 Å². The average molecular weight is 238 g/mol. The Bertz CT molecular complexity index is 191. The highest BCUT2D eigenvalue weighted by Gasteiger charge is 2.22. The summed E-state index contributed by atoms with van der Waals surface area (Å²) in [5.74, 6) is 1.96. The van der Waals surface area contributed by atoms with Crippen LogP contribution in [0, 0.1) is 11.8 Å². The molecule has 0 radical (unpaired) electrons. The Morgan fingerprint density at radius 2 is 1.94 bits per heavy atom. The summed E-state index contributed by atoms with van der Waals surface area (Å²) in [4.78, 5) is 2.72. The lowest BCUT2D eigenvalue weighted by Gasteiger charge is -2.35. The summed E-state index contributed by atoms with van der Waals surface area (Å²) in [7, 11) is 0. The third-order valence-electron chi connectivity index (χ3n) is 4.59. The molecule has 0 spiro atoms. The van der Waals surface area contributed by atoms with E-state index in [1.807, 2.05) is 0 Å². The highest BCUT2D eigenvalue weighted by Crippen LogP contribution is 2.23. The van der Waals surface area contributed by atoms with Crippen LogP contribution in [0.25, 0.3) is 0 Å². The van der Waals surface area contributed by atoms with E-state index >= 15 is 0 Å². The second kappa shape index (κ2) is 7.38. The zero-order chi connectivity index (χ0) is 11.9. The lowest BCUT2D eigenvalue weighted by molar-refractivity contribution is 0.145. The van der Waals surface area contributed by atoms with Crippen LogP contribution in [-0.4, -0.2) is 37.6 Å². The normalized spacial score (nSPS) is 28.4. The van der Waals surface area contributed by atoms with E-state index in [0.717, 1.165) is 11.8 Å². The maximum Gasteiger partial charge on any atom is 0.00218 e. The highest BCUT2D eigenvalue weighted by atomic mass is 15.1. The molecule has 0 aliphatic carbocycles. The van der Waals surface area contributed by atoms with Gasteiger partial charge in [0.05, 0.1) is 0 Å². The number of nitrogens with one attached hydrogen (secondary N) is 1. The van der Waals surface area contributed by atoms with Crippen LogP contribution < -0.4 is 5.32 Å². The second-order valence-electron chi connectivity index (χ2n) is 6.10. The third kappa shape index (κ3) is 4.59. The van der Waals surface area contributed by atoms with E-state index in [4.69, 9.17) is 0 Å². The van der Waals surface area contributed by atoms with Gasteiger partial charge in [-0.05, 0) is 63.7 Å². The summed E-state index contributed by atoms with van der Waals surface area (Å²) in [5, 5.41) is 3.53. The largest absolute Gasteiger partial charge is 0.316 e. The predicted octanol–water partition coefficient (Wildman–Crippen LogP) is 2.89. The predicted molar refractivity (Wildman–Crippen MR) is 74.3 cm³/mol. The van der Waals surface area contributed by atoms with E-state index in [1.165, 1.54) is 77.7 Å². The second-order valence-corrected chi connectivity index (χ2v) is 6.10. The van der Waals surface area contributed by atoms with E-state index in [1.54, 1.807) is 0 Å². The fraction of sp³-hybridized carbons (Fsp3) is 1.00. The van der Waals surface area contributed by atoms with Gasteiger partial charge in [-0.25, -0.2) is 0 Å². The Morgan fingerprint density at radius 3 is 2.59 bits per heavy atom. The number of piperidine rings is 2. The van der Waals surface area contributed by atoms with Crippen LogP contribution >= 0.6 is 0 Å². The minimum Gasteiger partial charge on any atom is -0.316 e. The SMILES string of the molecule is CCCCC1CCN(CC2CCCNC2)CC1. The molecule has 1 atom stereocenters. The van der Waals surface area contributed by atoms with E-state index in [9.17, 15) is 0 Å². The fourth-order valence-electron chi connectivity index (χ4n) is 3.40. The fourth-order valence-corrected chi connectivity index (χ4v) is 3.40. The van der Waals surface area contributed by atoms with Crippen molar-refractivity contribution in [2.75, 3.05) is 32.7 Å². The molecule has 2 aliphatic heterocycles. The first kappa shape index (κ1) is 13.4. The molecule has 2 nitrogen and oxygen atoms in total. The molecule has 0 bridgehead atoms. The zero-order valence-electron chi connectivity index (χ0n) is 11.6. The van der Waals surface area contributed by atoms with Crippen LogP contribution in [0.3, 0.4) is 0 Å². The van der Waals surface area contributed by atoms with Gasteiger partial charge in [-0.15, -0.1) is 0 Å². The molecule has 100 valence electrons. The molecule has 2 saturated heterocycles. The first-order chi connectivity index (χ1) is 8.38. The molecule has 1 N–H and O–H groups in total. The molecule has 17 heavy (non-hydrogen) atoms. The van der Waals surface area contributed by atoms with Crippen molar-refractivity contribution in [1.82, 2.24) is 10.2 Å². The van der Waals surface area contributed by atoms with E-state index in [0.29, 0.717) is 0 Å². The van der Waals surface area contributed by atoms with E-state index < -0.39 is 0 Å². The van der Waals surface area contributed by atoms with Gasteiger partial charge in [0.15, 0.2) is 0 Å². The lowest BCUT2D eigenvalue weighted by atomic mass is 9.90. The number of hydrogen-bond acceptors (Lipinski definition) is 2. The number of unbranched alkanes of at least 4 members (excludes halogenated alkanes) is 1. The van der Waals surface area contributed by atoms with Gasteiger partial charge in [0.2, 0.25) is 0 Å². The lowest BCUT2D eigenvalue weighted by Crippen LogP contribution is -2.41. The molecule has 2 rings (SSSR count). The molecular formula is C15H30N2. The molecule has 0 aromatic carbocycles. The van der Waals surface area contributed by atoms with Gasteiger partial charge in [0, 0.05) is 6.54 Å². The van der Waals surface area contributed by atoms with Gasteiger partial charge in [0.1, 0.15) is 0 Å². The monoisotopic (exact) mass is 238 g/mol. The molecule has 0 aromatic heterocycles. The van der Waals surface area contributed by atoms with Crippen LogP contribution in [0.4, 0.5) is 0 Å². The summed E-state index contributed by atoms with van der Waals surface area (Å²) in [6.45, 7) is 8.90. The Hall–Kier alpha value is -0.0800. The standard InChI is InChI=1S/C15H30N2/c1-2-3-5-14-7-10-17(11-8-14)13-15-6-4-9-16-12-15/h14-16H,2-13H2,1H3. The van der Waals surface area contributed by atoms with Crippen LogP contribution in [-0.2, 0) is 0 Å². The summed E-state index contributed by atoms with van der Waals surface area (Å²) in [5.41, 5.74) is 0. The van der Waals surface area contributed by atoms with Gasteiger partial charge >= 0.3 is 0 Å².